The molecule has 0 amide bonds. The predicted octanol–water partition coefficient (Wildman–Crippen LogP) is 5.36. The summed E-state index contributed by atoms with van der Waals surface area (Å²) >= 11 is 7.28. The van der Waals surface area contributed by atoms with E-state index in [-0.39, 0.29) is 0 Å². The van der Waals surface area contributed by atoms with Crippen LogP contribution in [0.4, 0.5) is 0 Å². The second-order valence-electron chi connectivity index (χ2n) is 4.46. The van der Waals surface area contributed by atoms with Gasteiger partial charge in [-0.05, 0) is 43.7 Å². The Morgan fingerprint density at radius 2 is 1.88 bits per heavy atom. The van der Waals surface area contributed by atoms with Crippen molar-refractivity contribution in [3.63, 3.8) is 0 Å². The van der Waals surface area contributed by atoms with Crippen LogP contribution in [-0.2, 0) is 0 Å². The Morgan fingerprint density at radius 1 is 1.18 bits per heavy atom. The van der Waals surface area contributed by atoms with Crippen molar-refractivity contribution in [2.24, 2.45) is 0 Å². The highest BCUT2D eigenvalue weighted by Crippen LogP contribution is 2.31. The molecule has 0 aliphatic carbocycles. The monoisotopic (exact) mass is 361 g/mol. The van der Waals surface area contributed by atoms with Gasteiger partial charge in [0, 0.05) is 15.0 Å². The van der Waals surface area contributed by atoms with E-state index >= 15 is 0 Å². The minimum Gasteiger partial charge on any atom is -0.313 e. The van der Waals surface area contributed by atoms with Crippen molar-refractivity contribution in [2.45, 2.75) is 45.6 Å². The highest BCUT2D eigenvalue weighted by Gasteiger charge is 2.13. The molecule has 0 bridgehead atoms. The summed E-state index contributed by atoms with van der Waals surface area (Å²) in [6, 6.07) is 4.85. The van der Waals surface area contributed by atoms with E-state index in [2.05, 4.69) is 63.2 Å². The van der Waals surface area contributed by atoms with Crippen LogP contribution in [0.2, 0.25) is 0 Å². The summed E-state index contributed by atoms with van der Waals surface area (Å²) in [5.74, 6) is 0. The molecule has 1 unspecified atom stereocenters. The summed E-state index contributed by atoms with van der Waals surface area (Å²) in [5.41, 5.74) is 2.62. The van der Waals surface area contributed by atoms with Gasteiger partial charge in [-0.2, -0.15) is 0 Å². The topological polar surface area (TPSA) is 12.0 Å². The van der Waals surface area contributed by atoms with Gasteiger partial charge in [-0.3, -0.25) is 0 Å². The molecular formula is C14H21Br2N. The van der Waals surface area contributed by atoms with Crippen LogP contribution in [0.15, 0.2) is 21.1 Å². The van der Waals surface area contributed by atoms with Gasteiger partial charge in [0.15, 0.2) is 0 Å². The lowest BCUT2D eigenvalue weighted by Gasteiger charge is -2.19. The number of aryl methyl sites for hydroxylation is 1. The third kappa shape index (κ3) is 4.38. The molecular weight excluding hydrogens is 342 g/mol. The van der Waals surface area contributed by atoms with Gasteiger partial charge in [0.1, 0.15) is 0 Å². The van der Waals surface area contributed by atoms with Crippen LogP contribution < -0.4 is 5.32 Å². The molecule has 0 aromatic heterocycles. The van der Waals surface area contributed by atoms with Gasteiger partial charge >= 0.3 is 0 Å². The highest BCUT2D eigenvalue weighted by molar-refractivity contribution is 9.11. The molecule has 0 saturated carbocycles. The highest BCUT2D eigenvalue weighted by atomic mass is 79.9. The number of rotatable bonds is 6. The number of hydrogen-bond donors (Lipinski definition) is 1. The summed E-state index contributed by atoms with van der Waals surface area (Å²) in [5, 5.41) is 3.41. The fourth-order valence-electron chi connectivity index (χ4n) is 1.98. The average molecular weight is 363 g/mol. The predicted molar refractivity (Wildman–Crippen MR) is 82.5 cm³/mol. The van der Waals surface area contributed by atoms with Crippen molar-refractivity contribution in [1.82, 2.24) is 5.32 Å². The number of unbranched alkanes of at least 4 members (excludes halogenated alkanes) is 2. The Labute approximate surface area is 122 Å². The number of halogens is 2. The molecule has 0 aliphatic rings. The van der Waals surface area contributed by atoms with E-state index in [1.165, 1.54) is 45.8 Å². The Hall–Kier alpha value is 0.140. The maximum absolute atomic E-state index is 3.67. The second-order valence-corrected chi connectivity index (χ2v) is 6.17. The summed E-state index contributed by atoms with van der Waals surface area (Å²) in [7, 11) is 2.04. The maximum Gasteiger partial charge on any atom is 0.0329 e. The minimum absolute atomic E-state index is 0.438. The van der Waals surface area contributed by atoms with Gasteiger partial charge in [-0.25, -0.2) is 0 Å². The average Bonchev–Trinajstić information content (AvgIpc) is 2.30. The van der Waals surface area contributed by atoms with Crippen molar-refractivity contribution in [2.75, 3.05) is 7.05 Å². The third-order valence-corrected chi connectivity index (χ3v) is 4.64. The lowest BCUT2D eigenvalue weighted by Crippen LogP contribution is -2.17. The first-order chi connectivity index (χ1) is 8.10. The molecule has 0 aliphatic heterocycles. The van der Waals surface area contributed by atoms with Crippen LogP contribution in [0.3, 0.4) is 0 Å². The molecule has 1 aromatic carbocycles. The van der Waals surface area contributed by atoms with Gasteiger partial charge in [0.25, 0.3) is 0 Å². The Morgan fingerprint density at radius 3 is 2.47 bits per heavy atom. The number of nitrogens with one attached hydrogen (secondary N) is 1. The summed E-state index contributed by atoms with van der Waals surface area (Å²) < 4.78 is 2.39. The van der Waals surface area contributed by atoms with Crippen molar-refractivity contribution in [3.05, 3.63) is 32.2 Å². The molecule has 1 aromatic rings. The molecule has 17 heavy (non-hydrogen) atoms. The second kappa shape index (κ2) is 7.55. The molecule has 1 nitrogen and oxygen atoms in total. The quantitative estimate of drug-likeness (QED) is 0.671. The molecule has 1 rings (SSSR count). The summed E-state index contributed by atoms with van der Waals surface area (Å²) in [4.78, 5) is 0. The molecule has 0 saturated heterocycles. The zero-order valence-corrected chi connectivity index (χ0v) is 14.0. The Bertz CT molecular complexity index is 363. The molecule has 0 heterocycles. The van der Waals surface area contributed by atoms with Gasteiger partial charge in [-0.1, -0.05) is 58.0 Å². The summed E-state index contributed by atoms with van der Waals surface area (Å²) in [6.07, 6.45) is 5.05. The van der Waals surface area contributed by atoms with E-state index in [1.807, 2.05) is 7.05 Å². The molecule has 1 N–H and O–H groups in total. The fourth-order valence-corrected chi connectivity index (χ4v) is 3.08. The number of hydrogen-bond acceptors (Lipinski definition) is 1. The first-order valence-corrected chi connectivity index (χ1v) is 7.81. The molecule has 0 radical (unpaired) electrons. The van der Waals surface area contributed by atoms with E-state index in [4.69, 9.17) is 0 Å². The molecule has 3 heteroatoms. The van der Waals surface area contributed by atoms with Gasteiger partial charge in [0.05, 0.1) is 0 Å². The first kappa shape index (κ1) is 15.2. The largest absolute Gasteiger partial charge is 0.313 e. The van der Waals surface area contributed by atoms with E-state index in [0.29, 0.717) is 6.04 Å². The Balaban J connectivity index is 2.84. The molecule has 0 spiro atoms. The van der Waals surface area contributed by atoms with Crippen LogP contribution in [-0.4, -0.2) is 7.05 Å². The lowest BCUT2D eigenvalue weighted by atomic mass is 9.99. The van der Waals surface area contributed by atoms with E-state index in [1.54, 1.807) is 0 Å². The van der Waals surface area contributed by atoms with Crippen LogP contribution in [0.5, 0.6) is 0 Å². The smallest absolute Gasteiger partial charge is 0.0329 e. The van der Waals surface area contributed by atoms with E-state index in [0.717, 1.165) is 0 Å². The normalized spacial score (nSPS) is 12.8. The fraction of sp³-hybridized carbons (Fsp3) is 0.571. The lowest BCUT2D eigenvalue weighted by molar-refractivity contribution is 0.510. The number of benzene rings is 1. The van der Waals surface area contributed by atoms with Gasteiger partial charge in [-0.15, -0.1) is 0 Å². The third-order valence-electron chi connectivity index (χ3n) is 3.10. The first-order valence-electron chi connectivity index (χ1n) is 6.23. The zero-order chi connectivity index (χ0) is 12.8. The van der Waals surface area contributed by atoms with Crippen molar-refractivity contribution >= 4 is 31.9 Å². The van der Waals surface area contributed by atoms with E-state index < -0.39 is 0 Å². The van der Waals surface area contributed by atoms with Crippen molar-refractivity contribution < 1.29 is 0 Å². The van der Waals surface area contributed by atoms with Crippen LogP contribution in [0, 0.1) is 6.92 Å². The van der Waals surface area contributed by atoms with E-state index in [9.17, 15) is 0 Å². The van der Waals surface area contributed by atoms with Gasteiger partial charge < -0.3 is 5.32 Å². The van der Waals surface area contributed by atoms with Crippen molar-refractivity contribution in [1.29, 1.82) is 0 Å². The SMILES string of the molecule is CCCCCC(NC)c1cc(Br)c(C)cc1Br. The molecule has 96 valence electrons. The van der Waals surface area contributed by atoms with Crippen LogP contribution in [0.25, 0.3) is 0 Å². The van der Waals surface area contributed by atoms with Crippen LogP contribution >= 0.6 is 31.9 Å². The van der Waals surface area contributed by atoms with Gasteiger partial charge in [0.2, 0.25) is 0 Å². The standard InChI is InChI=1S/C14H21Br2N/c1-4-5-6-7-14(17-3)11-9-12(15)10(2)8-13(11)16/h8-9,14,17H,4-7H2,1-3H3. The van der Waals surface area contributed by atoms with Crippen molar-refractivity contribution in [3.8, 4) is 0 Å². The Kier molecular flexibility index (Phi) is 6.75. The minimum atomic E-state index is 0.438. The molecule has 1 atom stereocenters. The maximum atomic E-state index is 3.67. The molecule has 0 fully saturated rings. The van der Waals surface area contributed by atoms with Crippen LogP contribution in [0.1, 0.15) is 49.8 Å². The zero-order valence-electron chi connectivity index (χ0n) is 10.8. The summed E-state index contributed by atoms with van der Waals surface area (Å²) in [6.45, 7) is 4.36.